The average molecular weight is 225 g/mol. The zero-order valence-corrected chi connectivity index (χ0v) is 8.76. The van der Waals surface area contributed by atoms with Crippen molar-refractivity contribution in [2.75, 3.05) is 6.61 Å². The van der Waals surface area contributed by atoms with E-state index in [0.717, 1.165) is 5.57 Å². The molecule has 2 aliphatic rings. The Labute approximate surface area is 91.7 Å². The lowest BCUT2D eigenvalue weighted by atomic mass is 10.3. The molecule has 6 heteroatoms. The normalized spacial score (nSPS) is 23.2. The van der Waals surface area contributed by atoms with Gasteiger partial charge in [0.2, 0.25) is 0 Å². The van der Waals surface area contributed by atoms with Gasteiger partial charge in [-0.25, -0.2) is 4.79 Å². The van der Waals surface area contributed by atoms with Gasteiger partial charge in [0.1, 0.15) is 6.61 Å². The number of rotatable bonds is 3. The average Bonchev–Trinajstić information content (AvgIpc) is 2.87. The van der Waals surface area contributed by atoms with Crippen LogP contribution in [0.5, 0.6) is 0 Å². The molecule has 1 saturated heterocycles. The maximum absolute atomic E-state index is 11.1. The Balaban J connectivity index is 1.74. The topological polar surface area (TPSA) is 72.9 Å². The zero-order chi connectivity index (χ0) is 11.7. The molecule has 0 saturated carbocycles. The fraction of sp³-hybridized carbons (Fsp3) is 0.500. The summed E-state index contributed by atoms with van der Waals surface area (Å²) in [4.78, 5) is 37.8. The van der Waals surface area contributed by atoms with Crippen LogP contribution >= 0.6 is 0 Å². The number of hydroxylamine groups is 2. The quantitative estimate of drug-likeness (QED) is 0.403. The molecule has 0 bridgehead atoms. The van der Waals surface area contributed by atoms with Crippen molar-refractivity contribution in [3.8, 4) is 0 Å². The predicted molar refractivity (Wildman–Crippen MR) is 50.8 cm³/mol. The highest BCUT2D eigenvalue weighted by molar-refractivity contribution is 6.01. The van der Waals surface area contributed by atoms with Gasteiger partial charge in [0.25, 0.3) is 11.8 Å². The summed E-state index contributed by atoms with van der Waals surface area (Å²) in [5.74, 6) is -0.845. The van der Waals surface area contributed by atoms with Gasteiger partial charge in [0.05, 0.1) is 0 Å². The lowest BCUT2D eigenvalue weighted by molar-refractivity contribution is -0.177. The van der Waals surface area contributed by atoms with Crippen LogP contribution in [-0.4, -0.2) is 29.6 Å². The van der Waals surface area contributed by atoms with Crippen molar-refractivity contribution < 1.29 is 24.0 Å². The third kappa shape index (κ3) is 2.21. The number of carbonyl (C=O) groups excluding carboxylic acids is 3. The van der Waals surface area contributed by atoms with E-state index >= 15 is 0 Å². The standard InChI is InChI=1S/C10H11NO5/c1-6-4-7(6)5-15-10(14)16-11-8(12)2-3-9(11)13/h4,7H,2-3,5H2,1H3. The lowest BCUT2D eigenvalue weighted by Gasteiger charge is -2.12. The van der Waals surface area contributed by atoms with Crippen LogP contribution in [-0.2, 0) is 19.2 Å². The summed E-state index contributed by atoms with van der Waals surface area (Å²) in [5, 5.41) is 0.468. The molecule has 86 valence electrons. The highest BCUT2D eigenvalue weighted by atomic mass is 16.8. The van der Waals surface area contributed by atoms with Crippen molar-refractivity contribution in [2.45, 2.75) is 19.8 Å². The highest BCUT2D eigenvalue weighted by Gasteiger charge is 2.33. The molecule has 2 rings (SSSR count). The van der Waals surface area contributed by atoms with Gasteiger partial charge in [-0.3, -0.25) is 14.4 Å². The van der Waals surface area contributed by atoms with Gasteiger partial charge in [0.15, 0.2) is 0 Å². The monoisotopic (exact) mass is 225 g/mol. The molecule has 1 fully saturated rings. The Morgan fingerprint density at radius 3 is 2.50 bits per heavy atom. The van der Waals surface area contributed by atoms with Crippen LogP contribution in [0.15, 0.2) is 11.6 Å². The predicted octanol–water partition coefficient (Wildman–Crippen LogP) is 0.780. The van der Waals surface area contributed by atoms with E-state index in [1.54, 1.807) is 0 Å². The number of hydrogen-bond acceptors (Lipinski definition) is 5. The van der Waals surface area contributed by atoms with E-state index in [1.807, 2.05) is 13.0 Å². The Kier molecular flexibility index (Phi) is 2.64. The Morgan fingerprint density at radius 2 is 2.00 bits per heavy atom. The van der Waals surface area contributed by atoms with Crippen LogP contribution in [0.4, 0.5) is 4.79 Å². The largest absolute Gasteiger partial charge is 0.533 e. The number of amides is 2. The molecule has 0 aromatic rings. The van der Waals surface area contributed by atoms with Crippen LogP contribution in [0.3, 0.4) is 0 Å². The van der Waals surface area contributed by atoms with Gasteiger partial charge in [-0.05, 0) is 6.92 Å². The molecule has 16 heavy (non-hydrogen) atoms. The molecule has 0 N–H and O–H groups in total. The van der Waals surface area contributed by atoms with E-state index in [0.29, 0.717) is 5.06 Å². The van der Waals surface area contributed by atoms with Crippen LogP contribution in [0.2, 0.25) is 0 Å². The number of hydrogen-bond donors (Lipinski definition) is 0. The summed E-state index contributed by atoms with van der Waals surface area (Å²) in [6.45, 7) is 2.12. The SMILES string of the molecule is CC1=CC1COC(=O)ON1C(=O)CCC1=O. The first-order chi connectivity index (χ1) is 7.58. The van der Waals surface area contributed by atoms with E-state index in [9.17, 15) is 14.4 Å². The minimum absolute atomic E-state index is 0.0788. The maximum atomic E-state index is 11.1. The molecule has 6 nitrogen and oxygen atoms in total. The van der Waals surface area contributed by atoms with Crippen LogP contribution in [0, 0.1) is 5.92 Å². The summed E-state index contributed by atoms with van der Waals surface area (Å²) in [7, 11) is 0. The van der Waals surface area contributed by atoms with Gasteiger partial charge in [-0.1, -0.05) is 16.7 Å². The molecule has 0 aromatic heterocycles. The molecule has 1 aliphatic heterocycles. The Hall–Kier alpha value is -1.85. The molecule has 0 aromatic carbocycles. The third-order valence-electron chi connectivity index (χ3n) is 2.49. The van der Waals surface area contributed by atoms with Crippen molar-refractivity contribution in [1.82, 2.24) is 5.06 Å². The van der Waals surface area contributed by atoms with E-state index in [-0.39, 0.29) is 25.4 Å². The Bertz CT molecular complexity index is 371. The highest BCUT2D eigenvalue weighted by Crippen LogP contribution is 2.27. The van der Waals surface area contributed by atoms with Gasteiger partial charge in [0, 0.05) is 18.8 Å². The fourth-order valence-corrected chi connectivity index (χ4v) is 1.37. The molecular weight excluding hydrogens is 214 g/mol. The van der Waals surface area contributed by atoms with Gasteiger partial charge in [-0.2, -0.15) is 0 Å². The first-order valence-corrected chi connectivity index (χ1v) is 4.97. The van der Waals surface area contributed by atoms with Crippen LogP contribution < -0.4 is 0 Å². The summed E-state index contributed by atoms with van der Waals surface area (Å²) < 4.78 is 4.74. The second-order valence-corrected chi connectivity index (χ2v) is 3.75. The van der Waals surface area contributed by atoms with E-state index in [2.05, 4.69) is 4.84 Å². The summed E-state index contributed by atoms with van der Waals surface area (Å²) in [6.07, 6.45) is 1.08. The summed E-state index contributed by atoms with van der Waals surface area (Å²) in [5.41, 5.74) is 1.15. The maximum Gasteiger partial charge on any atom is 0.533 e. The van der Waals surface area contributed by atoms with Crippen molar-refractivity contribution in [1.29, 1.82) is 0 Å². The van der Waals surface area contributed by atoms with Crippen LogP contribution in [0.25, 0.3) is 0 Å². The second-order valence-electron chi connectivity index (χ2n) is 3.75. The summed E-state index contributed by atoms with van der Waals surface area (Å²) in [6, 6.07) is 0. The molecule has 0 radical (unpaired) electrons. The van der Waals surface area contributed by atoms with Crippen molar-refractivity contribution in [3.05, 3.63) is 11.6 Å². The molecule has 1 atom stereocenters. The zero-order valence-electron chi connectivity index (χ0n) is 8.76. The van der Waals surface area contributed by atoms with E-state index in [4.69, 9.17) is 4.74 Å². The van der Waals surface area contributed by atoms with Gasteiger partial charge >= 0.3 is 6.16 Å². The molecule has 2 amide bonds. The second kappa shape index (κ2) is 3.96. The molecule has 1 unspecified atom stereocenters. The summed E-state index contributed by atoms with van der Waals surface area (Å²) >= 11 is 0. The van der Waals surface area contributed by atoms with Gasteiger partial charge in [-0.15, -0.1) is 0 Å². The van der Waals surface area contributed by atoms with Crippen LogP contribution in [0.1, 0.15) is 19.8 Å². The van der Waals surface area contributed by atoms with Crippen molar-refractivity contribution >= 4 is 18.0 Å². The first-order valence-electron chi connectivity index (χ1n) is 4.97. The third-order valence-corrected chi connectivity index (χ3v) is 2.49. The minimum atomic E-state index is -1.02. The molecule has 1 aliphatic carbocycles. The molecule has 1 heterocycles. The van der Waals surface area contributed by atoms with Crippen molar-refractivity contribution in [2.24, 2.45) is 5.92 Å². The lowest BCUT2D eigenvalue weighted by Crippen LogP contribution is -2.32. The number of carbonyl (C=O) groups is 3. The Morgan fingerprint density at radius 1 is 1.44 bits per heavy atom. The van der Waals surface area contributed by atoms with E-state index in [1.165, 1.54) is 0 Å². The molecular formula is C10H11NO5. The smallest absolute Gasteiger partial charge is 0.432 e. The van der Waals surface area contributed by atoms with Gasteiger partial charge < -0.3 is 4.74 Å². The fourth-order valence-electron chi connectivity index (χ4n) is 1.37. The number of ether oxygens (including phenoxy) is 1. The number of imide groups is 1. The first kappa shape index (κ1) is 10.7. The van der Waals surface area contributed by atoms with Crippen molar-refractivity contribution in [3.63, 3.8) is 0 Å². The molecule has 0 spiro atoms. The minimum Gasteiger partial charge on any atom is -0.432 e. The van der Waals surface area contributed by atoms with E-state index < -0.39 is 18.0 Å². The number of nitrogens with zero attached hydrogens (tertiary/aromatic N) is 1.